The molecule has 1 unspecified atom stereocenters. The highest BCUT2D eigenvalue weighted by Crippen LogP contribution is 2.32. The summed E-state index contributed by atoms with van der Waals surface area (Å²) in [6.45, 7) is -0.597. The summed E-state index contributed by atoms with van der Waals surface area (Å²) in [6, 6.07) is 13.4. The summed E-state index contributed by atoms with van der Waals surface area (Å²) in [4.78, 5) is 39.4. The van der Waals surface area contributed by atoms with Gasteiger partial charge in [0, 0.05) is 34.0 Å². The molecule has 2 amide bonds. The number of benzene rings is 2. The van der Waals surface area contributed by atoms with Crippen LogP contribution in [0.5, 0.6) is 0 Å². The zero-order chi connectivity index (χ0) is 24.5. The van der Waals surface area contributed by atoms with Gasteiger partial charge in [0.15, 0.2) is 5.78 Å². The Kier molecular flexibility index (Phi) is 6.84. The molecule has 1 saturated heterocycles. The van der Waals surface area contributed by atoms with Crippen LogP contribution in [-0.2, 0) is 19.6 Å². The van der Waals surface area contributed by atoms with E-state index < -0.39 is 27.9 Å². The standard InChI is InChI=1S/C22H21BrN4O6S/c23-14-6-7-16-15(10-14)20(19(26-16)21(24)29)34(31,32)27-8-9-33-18(12-27)22(30)25-11-17(28)13-4-2-1-3-5-13/h1-7,10,18,26H,8-9,11-12H2,(H2,24,29)(H,25,30). The second-order valence-electron chi connectivity index (χ2n) is 7.61. The van der Waals surface area contributed by atoms with Crippen LogP contribution in [0, 0.1) is 0 Å². The number of fused-ring (bicyclic) bond motifs is 1. The molecule has 1 aliphatic rings. The van der Waals surface area contributed by atoms with E-state index >= 15 is 0 Å². The molecule has 10 nitrogen and oxygen atoms in total. The van der Waals surface area contributed by atoms with Gasteiger partial charge in [0.1, 0.15) is 16.7 Å². The fourth-order valence-electron chi connectivity index (χ4n) is 3.72. The van der Waals surface area contributed by atoms with Crippen LogP contribution in [0.3, 0.4) is 0 Å². The molecule has 34 heavy (non-hydrogen) atoms. The monoisotopic (exact) mass is 548 g/mol. The van der Waals surface area contributed by atoms with Gasteiger partial charge in [-0.1, -0.05) is 46.3 Å². The molecule has 0 aliphatic carbocycles. The predicted molar refractivity (Wildman–Crippen MR) is 127 cm³/mol. The molecule has 0 spiro atoms. The normalized spacial score (nSPS) is 16.9. The van der Waals surface area contributed by atoms with Crippen LogP contribution in [0.2, 0.25) is 0 Å². The Balaban J connectivity index is 1.54. The molecular weight excluding hydrogens is 528 g/mol. The lowest BCUT2D eigenvalue weighted by Gasteiger charge is -2.31. The maximum Gasteiger partial charge on any atom is 0.266 e. The third-order valence-corrected chi connectivity index (χ3v) is 7.84. The largest absolute Gasteiger partial charge is 0.366 e. The topological polar surface area (TPSA) is 152 Å². The van der Waals surface area contributed by atoms with Crippen LogP contribution >= 0.6 is 15.9 Å². The van der Waals surface area contributed by atoms with Crippen LogP contribution in [0.1, 0.15) is 20.8 Å². The molecule has 1 aliphatic heterocycles. The molecule has 1 fully saturated rings. The number of rotatable bonds is 7. The Labute approximate surface area is 203 Å². The molecule has 4 rings (SSSR count). The number of sulfonamides is 1. The zero-order valence-electron chi connectivity index (χ0n) is 17.8. The van der Waals surface area contributed by atoms with Crippen molar-refractivity contribution in [3.8, 4) is 0 Å². The maximum atomic E-state index is 13.6. The van der Waals surface area contributed by atoms with Gasteiger partial charge in [-0.2, -0.15) is 4.31 Å². The molecule has 3 aromatic rings. The second kappa shape index (κ2) is 9.66. The number of nitrogens with zero attached hydrogens (tertiary/aromatic N) is 1. The summed E-state index contributed by atoms with van der Waals surface area (Å²) in [5.41, 5.74) is 6.08. The Morgan fingerprint density at radius 1 is 1.18 bits per heavy atom. The average Bonchev–Trinajstić information content (AvgIpc) is 3.23. The number of ether oxygens (including phenoxy) is 1. The smallest absolute Gasteiger partial charge is 0.266 e. The molecule has 4 N–H and O–H groups in total. The molecule has 2 aromatic carbocycles. The lowest BCUT2D eigenvalue weighted by Crippen LogP contribution is -2.52. The zero-order valence-corrected chi connectivity index (χ0v) is 20.2. The molecule has 178 valence electrons. The summed E-state index contributed by atoms with van der Waals surface area (Å²) in [5, 5.41) is 2.80. The van der Waals surface area contributed by atoms with E-state index in [0.29, 0.717) is 20.9 Å². The number of morpholine rings is 1. The van der Waals surface area contributed by atoms with E-state index in [1.165, 1.54) is 0 Å². The van der Waals surface area contributed by atoms with Gasteiger partial charge in [-0.3, -0.25) is 14.4 Å². The number of amides is 2. The molecule has 0 saturated carbocycles. The minimum absolute atomic E-state index is 0.0199. The second-order valence-corrected chi connectivity index (χ2v) is 10.4. The van der Waals surface area contributed by atoms with Gasteiger partial charge < -0.3 is 20.8 Å². The summed E-state index contributed by atoms with van der Waals surface area (Å²) < 4.78 is 34.3. The number of H-pyrrole nitrogens is 1. The van der Waals surface area contributed by atoms with Crippen molar-refractivity contribution in [2.24, 2.45) is 5.73 Å². The number of carbonyl (C=O) groups is 3. The number of aromatic amines is 1. The van der Waals surface area contributed by atoms with E-state index in [0.717, 1.165) is 4.31 Å². The van der Waals surface area contributed by atoms with E-state index in [2.05, 4.69) is 26.2 Å². The first-order chi connectivity index (χ1) is 16.2. The van der Waals surface area contributed by atoms with Crippen molar-refractivity contribution in [1.82, 2.24) is 14.6 Å². The van der Waals surface area contributed by atoms with Crippen molar-refractivity contribution >= 4 is 54.5 Å². The van der Waals surface area contributed by atoms with Crippen LogP contribution in [0.15, 0.2) is 57.9 Å². The fraction of sp³-hybridized carbons (Fsp3) is 0.227. The SMILES string of the molecule is NC(=O)c1[nH]c2ccc(Br)cc2c1S(=O)(=O)N1CCOC(C(=O)NCC(=O)c2ccccc2)C1. The molecule has 2 heterocycles. The molecule has 0 radical (unpaired) electrons. The van der Waals surface area contributed by atoms with Gasteiger partial charge in [-0.05, 0) is 18.2 Å². The lowest BCUT2D eigenvalue weighted by atomic mass is 10.1. The summed E-state index contributed by atoms with van der Waals surface area (Å²) in [5.74, 6) is -1.82. The predicted octanol–water partition coefficient (Wildman–Crippen LogP) is 1.42. The molecule has 12 heteroatoms. The van der Waals surface area contributed by atoms with Gasteiger partial charge in [-0.25, -0.2) is 8.42 Å². The first-order valence-corrected chi connectivity index (χ1v) is 12.5. The Bertz CT molecular complexity index is 1370. The molecule has 0 bridgehead atoms. The highest BCUT2D eigenvalue weighted by Gasteiger charge is 2.38. The fourth-order valence-corrected chi connectivity index (χ4v) is 5.84. The maximum absolute atomic E-state index is 13.6. The number of nitrogens with two attached hydrogens (primary N) is 1. The van der Waals surface area contributed by atoms with Crippen LogP contribution in [0.25, 0.3) is 10.9 Å². The number of hydrogen-bond donors (Lipinski definition) is 3. The van der Waals surface area contributed by atoms with E-state index in [1.807, 2.05) is 0 Å². The minimum Gasteiger partial charge on any atom is -0.366 e. The number of carbonyl (C=O) groups excluding carboxylic acids is 3. The Morgan fingerprint density at radius 3 is 2.62 bits per heavy atom. The minimum atomic E-state index is -4.22. The number of hydrogen-bond acceptors (Lipinski definition) is 6. The number of halogens is 1. The first-order valence-electron chi connectivity index (χ1n) is 10.3. The van der Waals surface area contributed by atoms with Crippen molar-refractivity contribution in [1.29, 1.82) is 0 Å². The van der Waals surface area contributed by atoms with E-state index in [1.54, 1.807) is 48.5 Å². The highest BCUT2D eigenvalue weighted by atomic mass is 79.9. The van der Waals surface area contributed by atoms with Gasteiger partial charge >= 0.3 is 0 Å². The van der Waals surface area contributed by atoms with Gasteiger partial charge in [0.2, 0.25) is 10.0 Å². The number of aromatic nitrogens is 1. The van der Waals surface area contributed by atoms with Crippen LogP contribution in [0.4, 0.5) is 0 Å². The highest BCUT2D eigenvalue weighted by molar-refractivity contribution is 9.10. The van der Waals surface area contributed by atoms with Crippen molar-refractivity contribution < 1.29 is 27.5 Å². The summed E-state index contributed by atoms with van der Waals surface area (Å²) >= 11 is 3.31. The number of nitrogens with one attached hydrogen (secondary N) is 2. The summed E-state index contributed by atoms with van der Waals surface area (Å²) in [7, 11) is -4.22. The van der Waals surface area contributed by atoms with E-state index in [4.69, 9.17) is 10.5 Å². The van der Waals surface area contributed by atoms with Crippen molar-refractivity contribution in [3.05, 3.63) is 64.3 Å². The van der Waals surface area contributed by atoms with Gasteiger partial charge in [0.05, 0.1) is 13.2 Å². The Morgan fingerprint density at radius 2 is 1.91 bits per heavy atom. The number of primary amides is 1. The molecular formula is C22H21BrN4O6S. The lowest BCUT2D eigenvalue weighted by molar-refractivity contribution is -0.136. The van der Waals surface area contributed by atoms with Gasteiger partial charge in [-0.15, -0.1) is 0 Å². The average molecular weight is 549 g/mol. The van der Waals surface area contributed by atoms with Crippen molar-refractivity contribution in [3.63, 3.8) is 0 Å². The van der Waals surface area contributed by atoms with Gasteiger partial charge in [0.25, 0.3) is 11.8 Å². The van der Waals surface area contributed by atoms with Crippen LogP contribution < -0.4 is 11.1 Å². The third kappa shape index (κ3) is 4.75. The van der Waals surface area contributed by atoms with Crippen LogP contribution in [-0.4, -0.2) is 67.6 Å². The van der Waals surface area contributed by atoms with E-state index in [-0.39, 0.29) is 42.6 Å². The third-order valence-electron chi connectivity index (χ3n) is 5.40. The number of Topliss-reactive ketones (excluding diaryl/α,β-unsaturated/α-hetero) is 1. The van der Waals surface area contributed by atoms with Crippen molar-refractivity contribution in [2.45, 2.75) is 11.0 Å². The quantitative estimate of drug-likeness (QED) is 0.379. The summed E-state index contributed by atoms with van der Waals surface area (Å²) in [6.07, 6.45) is -1.12. The van der Waals surface area contributed by atoms with Crippen molar-refractivity contribution in [2.75, 3.05) is 26.2 Å². The first kappa shape index (κ1) is 24.1. The Hall–Kier alpha value is -3.06. The van der Waals surface area contributed by atoms with E-state index in [9.17, 15) is 22.8 Å². The number of ketones is 1. The molecule has 1 aromatic heterocycles. The molecule has 1 atom stereocenters.